The van der Waals surface area contributed by atoms with Crippen molar-refractivity contribution in [3.63, 3.8) is 0 Å². The van der Waals surface area contributed by atoms with Crippen molar-refractivity contribution in [1.82, 2.24) is 10.2 Å². The lowest BCUT2D eigenvalue weighted by molar-refractivity contribution is 0.321. The van der Waals surface area contributed by atoms with Crippen LogP contribution < -0.4 is 10.5 Å². The van der Waals surface area contributed by atoms with E-state index in [0.29, 0.717) is 13.2 Å². The molecule has 1 unspecified atom stereocenters. The molecule has 0 fully saturated rings. The molecule has 0 aliphatic heterocycles. The number of halogens is 1. The van der Waals surface area contributed by atoms with Gasteiger partial charge < -0.3 is 10.5 Å². The van der Waals surface area contributed by atoms with Crippen molar-refractivity contribution in [3.8, 4) is 17.0 Å². The zero-order valence-corrected chi connectivity index (χ0v) is 13.5. The van der Waals surface area contributed by atoms with Crippen molar-refractivity contribution in [2.24, 2.45) is 5.73 Å². The van der Waals surface area contributed by atoms with Crippen molar-refractivity contribution in [2.45, 2.75) is 12.8 Å². The molecule has 5 heteroatoms. The zero-order chi connectivity index (χ0) is 16.9. The van der Waals surface area contributed by atoms with E-state index in [2.05, 4.69) is 10.2 Å². The summed E-state index contributed by atoms with van der Waals surface area (Å²) in [7, 11) is 0. The largest absolute Gasteiger partial charge is 0.491 e. The Morgan fingerprint density at radius 2 is 1.96 bits per heavy atom. The van der Waals surface area contributed by atoms with Crippen molar-refractivity contribution < 1.29 is 9.13 Å². The summed E-state index contributed by atoms with van der Waals surface area (Å²) in [4.78, 5) is 0. The highest BCUT2D eigenvalue weighted by atomic mass is 19.1. The summed E-state index contributed by atoms with van der Waals surface area (Å²) < 4.78 is 19.4. The Labute approximate surface area is 140 Å². The Kier molecular flexibility index (Phi) is 4.91. The molecule has 3 aromatic rings. The molecule has 0 aliphatic rings. The van der Waals surface area contributed by atoms with Crippen LogP contribution in [0.4, 0.5) is 4.39 Å². The predicted octanol–water partition coefficient (Wildman–Crippen LogP) is 3.71. The van der Waals surface area contributed by atoms with Crippen LogP contribution in [-0.2, 0) is 0 Å². The van der Waals surface area contributed by atoms with Gasteiger partial charge in [0.15, 0.2) is 11.6 Å². The molecule has 0 radical (unpaired) electrons. The number of hydrogen-bond donors (Lipinski definition) is 2. The maximum absolute atomic E-state index is 14.1. The molecule has 3 N–H and O–H groups in total. The van der Waals surface area contributed by atoms with E-state index in [-0.39, 0.29) is 17.5 Å². The Balaban J connectivity index is 1.89. The molecule has 0 aliphatic carbocycles. The third-order valence-electron chi connectivity index (χ3n) is 3.94. The van der Waals surface area contributed by atoms with Gasteiger partial charge in [-0.2, -0.15) is 5.10 Å². The smallest absolute Gasteiger partial charge is 0.165 e. The quantitative estimate of drug-likeness (QED) is 0.726. The molecule has 0 spiro atoms. The van der Waals surface area contributed by atoms with E-state index in [0.717, 1.165) is 22.5 Å². The number of rotatable bonds is 6. The fraction of sp³-hybridized carbons (Fsp3) is 0.211. The third-order valence-corrected chi connectivity index (χ3v) is 3.94. The Bertz CT molecular complexity index is 801. The maximum atomic E-state index is 14.1. The van der Waals surface area contributed by atoms with Crippen molar-refractivity contribution >= 4 is 0 Å². The summed E-state index contributed by atoms with van der Waals surface area (Å²) in [5, 5.41) is 7.38. The molecule has 2 aromatic carbocycles. The maximum Gasteiger partial charge on any atom is 0.165 e. The minimum absolute atomic E-state index is 0.153. The highest BCUT2D eigenvalue weighted by Crippen LogP contribution is 2.28. The number of nitrogens with zero attached hydrogens (tertiary/aromatic N) is 1. The number of nitrogens with two attached hydrogens (primary N) is 1. The first-order valence-electron chi connectivity index (χ1n) is 7.96. The Hall–Kier alpha value is -2.66. The monoisotopic (exact) mass is 325 g/mol. The number of ether oxygens (including phenoxy) is 1. The van der Waals surface area contributed by atoms with Crippen LogP contribution >= 0.6 is 0 Å². The van der Waals surface area contributed by atoms with E-state index >= 15 is 0 Å². The molecule has 3 rings (SSSR count). The number of aromatic nitrogens is 2. The molecule has 0 amide bonds. The highest BCUT2D eigenvalue weighted by Gasteiger charge is 2.18. The second-order valence-corrected chi connectivity index (χ2v) is 5.49. The summed E-state index contributed by atoms with van der Waals surface area (Å²) in [6.07, 6.45) is 0. The van der Waals surface area contributed by atoms with Gasteiger partial charge in [-0.3, -0.25) is 5.10 Å². The molecule has 24 heavy (non-hydrogen) atoms. The molecule has 1 heterocycles. The standard InChI is InChI=1S/C19H20FN3O/c1-2-24-19-9-8-14(10-16(19)20)15(12-21)18-11-17(22-23-18)13-6-4-3-5-7-13/h3-11,15H,2,12,21H2,1H3,(H,22,23). The summed E-state index contributed by atoms with van der Waals surface area (Å²) in [5.41, 5.74) is 9.45. The van der Waals surface area contributed by atoms with E-state index in [4.69, 9.17) is 10.5 Å². The number of H-pyrrole nitrogens is 1. The van der Waals surface area contributed by atoms with Crippen LogP contribution in [0.3, 0.4) is 0 Å². The molecular formula is C19H20FN3O. The van der Waals surface area contributed by atoms with Gasteiger partial charge in [-0.1, -0.05) is 36.4 Å². The topological polar surface area (TPSA) is 63.9 Å². The lowest BCUT2D eigenvalue weighted by Gasteiger charge is -2.14. The lowest BCUT2D eigenvalue weighted by Crippen LogP contribution is -2.14. The van der Waals surface area contributed by atoms with E-state index in [1.807, 2.05) is 49.4 Å². The Morgan fingerprint density at radius 1 is 1.17 bits per heavy atom. The molecule has 0 saturated heterocycles. The normalized spacial score (nSPS) is 12.1. The third kappa shape index (κ3) is 3.31. The van der Waals surface area contributed by atoms with E-state index < -0.39 is 0 Å². The number of benzene rings is 2. The van der Waals surface area contributed by atoms with Crippen LogP contribution in [0, 0.1) is 5.82 Å². The molecule has 0 saturated carbocycles. The fourth-order valence-corrected chi connectivity index (χ4v) is 2.72. The van der Waals surface area contributed by atoms with Crippen molar-refractivity contribution in [3.05, 3.63) is 71.7 Å². The molecular weight excluding hydrogens is 305 g/mol. The number of nitrogens with one attached hydrogen (secondary N) is 1. The number of aromatic amines is 1. The Morgan fingerprint density at radius 3 is 2.62 bits per heavy atom. The van der Waals surface area contributed by atoms with Crippen LogP contribution in [0.2, 0.25) is 0 Å². The van der Waals surface area contributed by atoms with E-state index in [1.165, 1.54) is 6.07 Å². The van der Waals surface area contributed by atoms with Gasteiger partial charge in [-0.25, -0.2) is 4.39 Å². The van der Waals surface area contributed by atoms with Gasteiger partial charge in [0.25, 0.3) is 0 Å². The van der Waals surface area contributed by atoms with Gasteiger partial charge in [0, 0.05) is 23.7 Å². The molecule has 1 aromatic heterocycles. The van der Waals surface area contributed by atoms with Gasteiger partial charge in [-0.05, 0) is 30.7 Å². The highest BCUT2D eigenvalue weighted by molar-refractivity contribution is 5.59. The first kappa shape index (κ1) is 16.2. The second kappa shape index (κ2) is 7.27. The van der Waals surface area contributed by atoms with Gasteiger partial charge >= 0.3 is 0 Å². The van der Waals surface area contributed by atoms with Gasteiger partial charge in [0.2, 0.25) is 0 Å². The average molecular weight is 325 g/mol. The lowest BCUT2D eigenvalue weighted by atomic mass is 9.95. The molecule has 124 valence electrons. The average Bonchev–Trinajstić information content (AvgIpc) is 3.09. The SMILES string of the molecule is CCOc1ccc(C(CN)c2cc(-c3ccccc3)n[nH]2)cc1F. The molecule has 1 atom stereocenters. The molecule has 0 bridgehead atoms. The van der Waals surface area contributed by atoms with Crippen LogP contribution in [0.15, 0.2) is 54.6 Å². The molecule has 4 nitrogen and oxygen atoms in total. The van der Waals surface area contributed by atoms with Crippen molar-refractivity contribution in [1.29, 1.82) is 0 Å². The van der Waals surface area contributed by atoms with Crippen LogP contribution in [-0.4, -0.2) is 23.3 Å². The fourth-order valence-electron chi connectivity index (χ4n) is 2.72. The summed E-state index contributed by atoms with van der Waals surface area (Å²) in [5.74, 6) is -0.276. The summed E-state index contributed by atoms with van der Waals surface area (Å²) >= 11 is 0. The summed E-state index contributed by atoms with van der Waals surface area (Å²) in [6.45, 7) is 2.60. The second-order valence-electron chi connectivity index (χ2n) is 5.49. The van der Waals surface area contributed by atoms with Gasteiger partial charge in [0.1, 0.15) is 0 Å². The van der Waals surface area contributed by atoms with E-state index in [9.17, 15) is 4.39 Å². The van der Waals surface area contributed by atoms with Gasteiger partial charge in [0.05, 0.1) is 12.3 Å². The van der Waals surface area contributed by atoms with E-state index in [1.54, 1.807) is 6.07 Å². The van der Waals surface area contributed by atoms with Crippen LogP contribution in [0.1, 0.15) is 24.1 Å². The minimum Gasteiger partial charge on any atom is -0.491 e. The van der Waals surface area contributed by atoms with Crippen LogP contribution in [0.5, 0.6) is 5.75 Å². The first-order chi connectivity index (χ1) is 11.7. The van der Waals surface area contributed by atoms with Gasteiger partial charge in [-0.15, -0.1) is 0 Å². The first-order valence-corrected chi connectivity index (χ1v) is 7.96. The minimum atomic E-state index is -0.379. The summed E-state index contributed by atoms with van der Waals surface area (Å²) in [6, 6.07) is 16.8. The van der Waals surface area contributed by atoms with Crippen molar-refractivity contribution in [2.75, 3.05) is 13.2 Å². The zero-order valence-electron chi connectivity index (χ0n) is 13.5. The predicted molar refractivity (Wildman–Crippen MR) is 92.5 cm³/mol. The van der Waals surface area contributed by atoms with Crippen LogP contribution in [0.25, 0.3) is 11.3 Å². The number of hydrogen-bond acceptors (Lipinski definition) is 3.